The third kappa shape index (κ3) is 4.16. The van der Waals surface area contributed by atoms with Crippen molar-refractivity contribution in [1.29, 1.82) is 0 Å². The second kappa shape index (κ2) is 7.37. The molecule has 3 nitrogen and oxygen atoms in total. The maximum atomic E-state index is 5.91. The summed E-state index contributed by atoms with van der Waals surface area (Å²) in [5, 5.41) is 3.63. The first kappa shape index (κ1) is 15.7. The first-order valence-corrected chi connectivity index (χ1v) is 9.13. The summed E-state index contributed by atoms with van der Waals surface area (Å²) >= 11 is 0. The molecule has 0 aromatic heterocycles. The average molecular weight is 322 g/mol. The Kier molecular flexibility index (Phi) is 4.81. The highest BCUT2D eigenvalue weighted by molar-refractivity contribution is 5.33. The van der Waals surface area contributed by atoms with E-state index in [0.29, 0.717) is 0 Å². The predicted molar refractivity (Wildman–Crippen MR) is 97.4 cm³/mol. The molecule has 126 valence electrons. The van der Waals surface area contributed by atoms with Crippen LogP contribution in [0.15, 0.2) is 54.6 Å². The first-order valence-electron chi connectivity index (χ1n) is 9.13. The molecule has 4 rings (SSSR count). The molecule has 0 spiro atoms. The number of ether oxygens (including phenoxy) is 1. The third-order valence-corrected chi connectivity index (χ3v) is 5.02. The van der Waals surface area contributed by atoms with E-state index < -0.39 is 0 Å². The Labute approximate surface area is 144 Å². The molecule has 1 unspecified atom stereocenters. The maximum Gasteiger partial charge on any atom is 0.127 e. The van der Waals surface area contributed by atoms with Crippen LogP contribution in [0.4, 0.5) is 0 Å². The topological polar surface area (TPSA) is 24.5 Å². The molecule has 1 N–H and O–H groups in total. The van der Waals surface area contributed by atoms with Gasteiger partial charge in [0.1, 0.15) is 11.5 Å². The Morgan fingerprint density at radius 1 is 0.958 bits per heavy atom. The van der Waals surface area contributed by atoms with Gasteiger partial charge in [-0.1, -0.05) is 30.3 Å². The normalized spacial score (nSPS) is 21.1. The molecule has 1 aliphatic heterocycles. The number of hydrogen-bond donors (Lipinski definition) is 1. The van der Waals surface area contributed by atoms with Crippen LogP contribution in [0.2, 0.25) is 0 Å². The monoisotopic (exact) mass is 322 g/mol. The van der Waals surface area contributed by atoms with E-state index in [0.717, 1.165) is 36.5 Å². The summed E-state index contributed by atoms with van der Waals surface area (Å²) in [7, 11) is 0. The minimum absolute atomic E-state index is 0.814. The summed E-state index contributed by atoms with van der Waals surface area (Å²) < 4.78 is 5.91. The Balaban J connectivity index is 1.25. The van der Waals surface area contributed by atoms with Crippen LogP contribution in [0.25, 0.3) is 0 Å². The van der Waals surface area contributed by atoms with E-state index in [1.54, 1.807) is 0 Å². The van der Waals surface area contributed by atoms with Crippen LogP contribution in [-0.2, 0) is 6.54 Å². The van der Waals surface area contributed by atoms with E-state index in [-0.39, 0.29) is 0 Å². The van der Waals surface area contributed by atoms with Crippen molar-refractivity contribution in [2.45, 2.75) is 31.8 Å². The van der Waals surface area contributed by atoms with Crippen LogP contribution < -0.4 is 10.1 Å². The van der Waals surface area contributed by atoms with Crippen LogP contribution in [0.3, 0.4) is 0 Å². The zero-order valence-corrected chi connectivity index (χ0v) is 14.2. The van der Waals surface area contributed by atoms with E-state index >= 15 is 0 Å². The van der Waals surface area contributed by atoms with Crippen molar-refractivity contribution in [2.24, 2.45) is 5.92 Å². The average Bonchev–Trinajstić information content (AvgIpc) is 3.36. The van der Waals surface area contributed by atoms with Crippen LogP contribution in [0.1, 0.15) is 24.8 Å². The van der Waals surface area contributed by atoms with Crippen LogP contribution >= 0.6 is 0 Å². The lowest BCUT2D eigenvalue weighted by Crippen LogP contribution is -2.27. The van der Waals surface area contributed by atoms with Gasteiger partial charge in [-0.25, -0.2) is 0 Å². The van der Waals surface area contributed by atoms with Gasteiger partial charge in [-0.05, 0) is 68.1 Å². The molecule has 0 radical (unpaired) electrons. The van der Waals surface area contributed by atoms with Crippen molar-refractivity contribution in [2.75, 3.05) is 19.6 Å². The predicted octanol–water partition coefficient (Wildman–Crippen LogP) is 4.05. The lowest BCUT2D eigenvalue weighted by atomic mass is 10.1. The standard InChI is InChI=1S/C21H26N2O/c1-2-6-20(7-3-1)24-21-8-4-5-17(13-21)14-22-15-18-11-12-23(16-18)19-9-10-19/h1-8,13,18-19,22H,9-12,14-16H2. The zero-order chi connectivity index (χ0) is 16.2. The number of nitrogens with zero attached hydrogens (tertiary/aromatic N) is 1. The van der Waals surface area contributed by atoms with Gasteiger partial charge in [0.05, 0.1) is 0 Å². The van der Waals surface area contributed by atoms with Crippen molar-refractivity contribution in [3.63, 3.8) is 0 Å². The van der Waals surface area contributed by atoms with Gasteiger partial charge < -0.3 is 15.0 Å². The molecule has 3 heteroatoms. The van der Waals surface area contributed by atoms with Gasteiger partial charge in [0.25, 0.3) is 0 Å². The van der Waals surface area contributed by atoms with Crippen molar-refractivity contribution >= 4 is 0 Å². The maximum absolute atomic E-state index is 5.91. The van der Waals surface area contributed by atoms with E-state index in [9.17, 15) is 0 Å². The minimum Gasteiger partial charge on any atom is -0.457 e. The van der Waals surface area contributed by atoms with E-state index in [2.05, 4.69) is 28.4 Å². The van der Waals surface area contributed by atoms with E-state index in [1.165, 1.54) is 37.9 Å². The van der Waals surface area contributed by atoms with Crippen molar-refractivity contribution in [3.05, 3.63) is 60.2 Å². The Morgan fingerprint density at radius 3 is 2.62 bits per heavy atom. The molecular weight excluding hydrogens is 296 g/mol. The smallest absolute Gasteiger partial charge is 0.127 e. The molecule has 1 saturated heterocycles. The quantitative estimate of drug-likeness (QED) is 0.832. The number of nitrogens with one attached hydrogen (secondary N) is 1. The summed E-state index contributed by atoms with van der Waals surface area (Å²) in [5.74, 6) is 2.60. The molecule has 2 fully saturated rings. The summed E-state index contributed by atoms with van der Waals surface area (Å²) in [6.07, 6.45) is 4.20. The summed E-state index contributed by atoms with van der Waals surface area (Å²) in [4.78, 5) is 2.68. The molecule has 2 aliphatic rings. The lowest BCUT2D eigenvalue weighted by molar-refractivity contribution is 0.312. The number of para-hydroxylation sites is 1. The highest BCUT2D eigenvalue weighted by atomic mass is 16.5. The fourth-order valence-corrected chi connectivity index (χ4v) is 3.56. The molecule has 1 heterocycles. The SMILES string of the molecule is c1ccc(Oc2cccc(CNCC3CCN(C4CC4)C3)c2)cc1. The summed E-state index contributed by atoms with van der Waals surface area (Å²) in [6.45, 7) is 4.62. The molecule has 1 saturated carbocycles. The van der Waals surface area contributed by atoms with Gasteiger partial charge >= 0.3 is 0 Å². The Hall–Kier alpha value is -1.84. The van der Waals surface area contributed by atoms with Gasteiger partial charge in [0.2, 0.25) is 0 Å². The summed E-state index contributed by atoms with van der Waals surface area (Å²) in [5.41, 5.74) is 1.28. The fourth-order valence-electron chi connectivity index (χ4n) is 3.56. The fraction of sp³-hybridized carbons (Fsp3) is 0.429. The van der Waals surface area contributed by atoms with Gasteiger partial charge in [0, 0.05) is 19.1 Å². The number of benzene rings is 2. The van der Waals surface area contributed by atoms with Crippen molar-refractivity contribution < 1.29 is 4.74 Å². The van der Waals surface area contributed by atoms with Gasteiger partial charge in [-0.15, -0.1) is 0 Å². The van der Waals surface area contributed by atoms with E-state index in [4.69, 9.17) is 4.74 Å². The van der Waals surface area contributed by atoms with Gasteiger partial charge in [-0.2, -0.15) is 0 Å². The number of hydrogen-bond acceptors (Lipinski definition) is 3. The van der Waals surface area contributed by atoms with Crippen LogP contribution in [0.5, 0.6) is 11.5 Å². The molecule has 2 aromatic rings. The van der Waals surface area contributed by atoms with Crippen molar-refractivity contribution in [1.82, 2.24) is 10.2 Å². The van der Waals surface area contributed by atoms with Gasteiger partial charge in [-0.3, -0.25) is 0 Å². The Bertz CT molecular complexity index is 654. The molecule has 2 aromatic carbocycles. The van der Waals surface area contributed by atoms with Crippen LogP contribution in [-0.4, -0.2) is 30.6 Å². The number of rotatable bonds is 7. The largest absolute Gasteiger partial charge is 0.457 e. The molecule has 0 amide bonds. The highest BCUT2D eigenvalue weighted by Crippen LogP contribution is 2.31. The lowest BCUT2D eigenvalue weighted by Gasteiger charge is -2.15. The third-order valence-electron chi connectivity index (χ3n) is 5.02. The summed E-state index contributed by atoms with van der Waals surface area (Å²) in [6, 6.07) is 19.2. The molecular formula is C21H26N2O. The molecule has 1 aliphatic carbocycles. The molecule has 0 bridgehead atoms. The van der Waals surface area contributed by atoms with Crippen LogP contribution in [0, 0.1) is 5.92 Å². The second-order valence-corrected chi connectivity index (χ2v) is 7.07. The number of likely N-dealkylation sites (tertiary alicyclic amines) is 1. The molecule has 24 heavy (non-hydrogen) atoms. The Morgan fingerprint density at radius 2 is 1.79 bits per heavy atom. The molecule has 1 atom stereocenters. The zero-order valence-electron chi connectivity index (χ0n) is 14.2. The minimum atomic E-state index is 0.814. The van der Waals surface area contributed by atoms with Crippen molar-refractivity contribution in [3.8, 4) is 11.5 Å². The highest BCUT2D eigenvalue weighted by Gasteiger charge is 2.33. The first-order chi connectivity index (χ1) is 11.9. The second-order valence-electron chi connectivity index (χ2n) is 7.07. The van der Waals surface area contributed by atoms with E-state index in [1.807, 2.05) is 36.4 Å². The van der Waals surface area contributed by atoms with Gasteiger partial charge in [0.15, 0.2) is 0 Å².